The van der Waals surface area contributed by atoms with Crippen LogP contribution >= 0.6 is 15.9 Å². The minimum Gasteiger partial charge on any atom is -0.271 e. The predicted molar refractivity (Wildman–Crippen MR) is 61.5 cm³/mol. The smallest absolute Gasteiger partial charge is 0.0488 e. The molecule has 1 aliphatic rings. The Balaban J connectivity index is 2.14. The van der Waals surface area contributed by atoms with E-state index in [4.69, 9.17) is 5.84 Å². The Morgan fingerprint density at radius 1 is 1.29 bits per heavy atom. The average Bonchev–Trinajstić information content (AvgIpc) is 2.13. The predicted octanol–water partition coefficient (Wildman–Crippen LogP) is 2.75. The van der Waals surface area contributed by atoms with Crippen molar-refractivity contribution in [3.8, 4) is 0 Å². The summed E-state index contributed by atoms with van der Waals surface area (Å²) in [4.78, 5) is 0. The van der Waals surface area contributed by atoms with Crippen molar-refractivity contribution in [2.45, 2.75) is 25.3 Å². The molecule has 76 valence electrons. The fraction of sp³-hybridized carbons (Fsp3) is 0.455. The SMILES string of the molecule is NNC(c1ccc(Br)cc1)C1CCC1. The maximum Gasteiger partial charge on any atom is 0.0488 e. The molecule has 1 aromatic rings. The molecule has 2 nitrogen and oxygen atoms in total. The first-order valence-corrected chi connectivity index (χ1v) is 5.82. The lowest BCUT2D eigenvalue weighted by atomic mass is 9.77. The van der Waals surface area contributed by atoms with Crippen LogP contribution in [0.4, 0.5) is 0 Å². The van der Waals surface area contributed by atoms with Crippen molar-refractivity contribution < 1.29 is 0 Å². The lowest BCUT2D eigenvalue weighted by molar-refractivity contribution is 0.232. The summed E-state index contributed by atoms with van der Waals surface area (Å²) in [7, 11) is 0. The van der Waals surface area contributed by atoms with Crippen LogP contribution in [-0.4, -0.2) is 0 Å². The molecule has 0 saturated heterocycles. The number of rotatable bonds is 3. The average molecular weight is 255 g/mol. The zero-order valence-corrected chi connectivity index (χ0v) is 9.63. The maximum atomic E-state index is 5.59. The third kappa shape index (κ3) is 2.00. The Bertz CT molecular complexity index is 293. The van der Waals surface area contributed by atoms with Gasteiger partial charge in [0.25, 0.3) is 0 Å². The van der Waals surface area contributed by atoms with Crippen molar-refractivity contribution in [1.82, 2.24) is 5.43 Å². The van der Waals surface area contributed by atoms with Crippen molar-refractivity contribution in [2.75, 3.05) is 0 Å². The fourth-order valence-corrected chi connectivity index (χ4v) is 2.21. The summed E-state index contributed by atoms with van der Waals surface area (Å²) in [5.41, 5.74) is 4.22. The fourth-order valence-electron chi connectivity index (χ4n) is 1.95. The number of hydrogen-bond donors (Lipinski definition) is 2. The molecule has 1 fully saturated rings. The summed E-state index contributed by atoms with van der Waals surface area (Å²) in [6.07, 6.45) is 3.94. The molecule has 3 heteroatoms. The minimum absolute atomic E-state index is 0.330. The third-order valence-corrected chi connectivity index (χ3v) is 3.56. The van der Waals surface area contributed by atoms with Gasteiger partial charge < -0.3 is 0 Å². The van der Waals surface area contributed by atoms with E-state index in [0.717, 1.165) is 10.4 Å². The molecule has 1 aromatic carbocycles. The highest BCUT2D eigenvalue weighted by atomic mass is 79.9. The van der Waals surface area contributed by atoms with Gasteiger partial charge in [-0.05, 0) is 36.5 Å². The van der Waals surface area contributed by atoms with E-state index in [1.165, 1.54) is 24.8 Å². The maximum absolute atomic E-state index is 5.59. The highest BCUT2D eigenvalue weighted by Crippen LogP contribution is 2.37. The van der Waals surface area contributed by atoms with Crippen LogP contribution in [0.5, 0.6) is 0 Å². The van der Waals surface area contributed by atoms with Gasteiger partial charge in [-0.15, -0.1) is 0 Å². The van der Waals surface area contributed by atoms with E-state index < -0.39 is 0 Å². The van der Waals surface area contributed by atoms with Crippen LogP contribution in [0.2, 0.25) is 0 Å². The zero-order valence-electron chi connectivity index (χ0n) is 8.04. The van der Waals surface area contributed by atoms with Gasteiger partial charge in [0, 0.05) is 10.5 Å². The Morgan fingerprint density at radius 3 is 2.36 bits per heavy atom. The molecule has 0 radical (unpaired) electrons. The van der Waals surface area contributed by atoms with E-state index >= 15 is 0 Å². The first kappa shape index (κ1) is 10.1. The van der Waals surface area contributed by atoms with E-state index in [1.807, 2.05) is 0 Å². The molecule has 0 amide bonds. The van der Waals surface area contributed by atoms with E-state index in [2.05, 4.69) is 45.6 Å². The molecule has 14 heavy (non-hydrogen) atoms. The first-order valence-electron chi connectivity index (χ1n) is 5.03. The van der Waals surface area contributed by atoms with Crippen LogP contribution in [-0.2, 0) is 0 Å². The lowest BCUT2D eigenvalue weighted by Gasteiger charge is -2.33. The monoisotopic (exact) mass is 254 g/mol. The molecular formula is C11H15BrN2. The van der Waals surface area contributed by atoms with Gasteiger partial charge in [0.2, 0.25) is 0 Å². The number of halogens is 1. The molecule has 1 atom stereocenters. The first-order chi connectivity index (χ1) is 6.81. The second kappa shape index (κ2) is 4.43. The van der Waals surface area contributed by atoms with E-state index in [1.54, 1.807) is 0 Å². The van der Waals surface area contributed by atoms with Gasteiger partial charge in [0.15, 0.2) is 0 Å². The number of nitrogens with two attached hydrogens (primary N) is 1. The van der Waals surface area contributed by atoms with Crippen molar-refractivity contribution >= 4 is 15.9 Å². The molecular weight excluding hydrogens is 240 g/mol. The highest BCUT2D eigenvalue weighted by molar-refractivity contribution is 9.10. The van der Waals surface area contributed by atoms with Gasteiger partial charge in [0.1, 0.15) is 0 Å². The number of hydrazine groups is 1. The molecule has 1 unspecified atom stereocenters. The molecule has 0 bridgehead atoms. The Morgan fingerprint density at radius 2 is 1.93 bits per heavy atom. The van der Waals surface area contributed by atoms with Gasteiger partial charge in [-0.1, -0.05) is 34.5 Å². The summed E-state index contributed by atoms with van der Waals surface area (Å²) >= 11 is 3.43. The zero-order chi connectivity index (χ0) is 9.97. The standard InChI is InChI=1S/C11H15BrN2/c12-10-6-4-9(5-7-10)11(14-13)8-2-1-3-8/h4-8,11,14H,1-3,13H2. The highest BCUT2D eigenvalue weighted by Gasteiger charge is 2.27. The molecule has 3 N–H and O–H groups in total. The molecule has 0 aliphatic heterocycles. The number of benzene rings is 1. The summed E-state index contributed by atoms with van der Waals surface area (Å²) in [5, 5.41) is 0. The largest absolute Gasteiger partial charge is 0.271 e. The van der Waals surface area contributed by atoms with E-state index in [-0.39, 0.29) is 0 Å². The van der Waals surface area contributed by atoms with Gasteiger partial charge in [-0.25, -0.2) is 0 Å². The molecule has 1 aliphatic carbocycles. The Labute approximate surface area is 93.0 Å². The Kier molecular flexibility index (Phi) is 3.21. The van der Waals surface area contributed by atoms with Crippen LogP contribution in [0.3, 0.4) is 0 Å². The second-order valence-corrected chi connectivity index (χ2v) is 4.80. The van der Waals surface area contributed by atoms with Crippen LogP contribution in [0.25, 0.3) is 0 Å². The van der Waals surface area contributed by atoms with Crippen molar-refractivity contribution in [3.05, 3.63) is 34.3 Å². The number of hydrogen-bond acceptors (Lipinski definition) is 2. The Hall–Kier alpha value is -0.380. The molecule has 0 spiro atoms. The van der Waals surface area contributed by atoms with Gasteiger partial charge in [0.05, 0.1) is 0 Å². The van der Waals surface area contributed by atoms with Crippen LogP contribution in [0.15, 0.2) is 28.7 Å². The summed E-state index contributed by atoms with van der Waals surface area (Å²) in [6, 6.07) is 8.73. The van der Waals surface area contributed by atoms with Crippen LogP contribution < -0.4 is 11.3 Å². The van der Waals surface area contributed by atoms with Crippen molar-refractivity contribution in [2.24, 2.45) is 11.8 Å². The molecule has 0 aromatic heterocycles. The molecule has 0 heterocycles. The summed E-state index contributed by atoms with van der Waals surface area (Å²) in [6.45, 7) is 0. The topological polar surface area (TPSA) is 38.0 Å². The second-order valence-electron chi connectivity index (χ2n) is 3.89. The van der Waals surface area contributed by atoms with Gasteiger partial charge in [-0.3, -0.25) is 11.3 Å². The van der Waals surface area contributed by atoms with Crippen molar-refractivity contribution in [1.29, 1.82) is 0 Å². The summed E-state index contributed by atoms with van der Waals surface area (Å²) < 4.78 is 1.12. The number of nitrogens with one attached hydrogen (secondary N) is 1. The quantitative estimate of drug-likeness (QED) is 0.643. The third-order valence-electron chi connectivity index (χ3n) is 3.03. The lowest BCUT2D eigenvalue weighted by Crippen LogP contribution is -2.36. The molecule has 1 saturated carbocycles. The van der Waals surface area contributed by atoms with Crippen LogP contribution in [0.1, 0.15) is 30.9 Å². The molecule has 2 rings (SSSR count). The van der Waals surface area contributed by atoms with Gasteiger partial charge >= 0.3 is 0 Å². The normalized spacial score (nSPS) is 19.0. The van der Waals surface area contributed by atoms with E-state index in [0.29, 0.717) is 6.04 Å². The van der Waals surface area contributed by atoms with Crippen molar-refractivity contribution in [3.63, 3.8) is 0 Å². The summed E-state index contributed by atoms with van der Waals surface area (Å²) in [5.74, 6) is 6.31. The van der Waals surface area contributed by atoms with Gasteiger partial charge in [-0.2, -0.15) is 0 Å². The van der Waals surface area contributed by atoms with Crippen LogP contribution in [0, 0.1) is 5.92 Å². The minimum atomic E-state index is 0.330. The van der Waals surface area contributed by atoms with E-state index in [9.17, 15) is 0 Å².